The predicted octanol–water partition coefficient (Wildman–Crippen LogP) is 4.67. The molecule has 0 spiro atoms. The number of anilines is 1. The molecule has 4 heterocycles. The molecule has 1 atom stereocenters. The van der Waals surface area contributed by atoms with E-state index in [9.17, 15) is 4.79 Å². The van der Waals surface area contributed by atoms with Gasteiger partial charge in [0.15, 0.2) is 11.5 Å². The molecule has 0 saturated carbocycles. The van der Waals surface area contributed by atoms with Gasteiger partial charge in [-0.3, -0.25) is 4.79 Å². The maximum absolute atomic E-state index is 13.0. The van der Waals surface area contributed by atoms with Gasteiger partial charge in [0.25, 0.3) is 5.91 Å². The van der Waals surface area contributed by atoms with Gasteiger partial charge >= 0.3 is 0 Å². The van der Waals surface area contributed by atoms with E-state index in [1.165, 1.54) is 16.9 Å². The van der Waals surface area contributed by atoms with E-state index in [2.05, 4.69) is 57.6 Å². The number of amides is 1. The van der Waals surface area contributed by atoms with Gasteiger partial charge in [0.05, 0.1) is 10.4 Å². The van der Waals surface area contributed by atoms with Crippen molar-refractivity contribution in [1.82, 2.24) is 24.5 Å². The summed E-state index contributed by atoms with van der Waals surface area (Å²) < 4.78 is 2.07. The second-order valence-electron chi connectivity index (χ2n) is 8.75. The zero-order valence-corrected chi connectivity index (χ0v) is 19.9. The quantitative estimate of drug-likeness (QED) is 0.385. The SMILES string of the molecule is Cc1ccc(-c2nnc3c4ccccc4nc(N4CCN(C(=O)c5cccs5)C(C)C4)n23)cc1. The number of benzene rings is 2. The molecule has 1 unspecified atom stereocenters. The number of rotatable bonds is 3. The first-order valence-electron chi connectivity index (χ1n) is 11.4. The molecule has 1 fully saturated rings. The summed E-state index contributed by atoms with van der Waals surface area (Å²) in [5.74, 6) is 1.68. The van der Waals surface area contributed by atoms with Crippen LogP contribution in [-0.2, 0) is 0 Å². The third kappa shape index (κ3) is 3.42. The van der Waals surface area contributed by atoms with Crippen LogP contribution in [0, 0.1) is 6.92 Å². The zero-order valence-electron chi connectivity index (χ0n) is 19.0. The van der Waals surface area contributed by atoms with E-state index >= 15 is 0 Å². The van der Waals surface area contributed by atoms with Crippen molar-refractivity contribution in [3.63, 3.8) is 0 Å². The molecule has 5 aromatic rings. The fraction of sp³-hybridized carbons (Fsp3) is 0.231. The van der Waals surface area contributed by atoms with E-state index in [0.717, 1.165) is 38.8 Å². The number of carbonyl (C=O) groups is 1. The Morgan fingerprint density at radius 1 is 1.00 bits per heavy atom. The first-order chi connectivity index (χ1) is 16.6. The van der Waals surface area contributed by atoms with Crippen LogP contribution < -0.4 is 4.90 Å². The molecule has 8 heteroatoms. The number of thiophene rings is 1. The molecule has 2 aromatic carbocycles. The number of fused-ring (bicyclic) bond motifs is 3. The molecule has 170 valence electrons. The fourth-order valence-corrected chi connectivity index (χ4v) is 5.33. The third-order valence-corrected chi connectivity index (χ3v) is 7.30. The van der Waals surface area contributed by atoms with E-state index in [4.69, 9.17) is 4.98 Å². The van der Waals surface area contributed by atoms with Crippen molar-refractivity contribution in [2.45, 2.75) is 19.9 Å². The molecule has 1 saturated heterocycles. The van der Waals surface area contributed by atoms with Crippen molar-refractivity contribution < 1.29 is 4.79 Å². The van der Waals surface area contributed by atoms with Crippen LogP contribution in [0.1, 0.15) is 22.2 Å². The summed E-state index contributed by atoms with van der Waals surface area (Å²) in [5.41, 5.74) is 3.87. The highest BCUT2D eigenvalue weighted by molar-refractivity contribution is 7.12. The highest BCUT2D eigenvalue weighted by Crippen LogP contribution is 2.30. The minimum Gasteiger partial charge on any atom is -0.338 e. The van der Waals surface area contributed by atoms with Crippen molar-refractivity contribution in [3.8, 4) is 11.4 Å². The van der Waals surface area contributed by atoms with Crippen LogP contribution in [0.4, 0.5) is 5.95 Å². The molecule has 0 aliphatic carbocycles. The van der Waals surface area contributed by atoms with Crippen LogP contribution in [0.3, 0.4) is 0 Å². The number of carbonyl (C=O) groups excluding carboxylic acids is 1. The molecule has 6 rings (SSSR count). The third-order valence-electron chi connectivity index (χ3n) is 6.44. The summed E-state index contributed by atoms with van der Waals surface area (Å²) in [5, 5.41) is 12.1. The Hall–Kier alpha value is -3.78. The molecule has 3 aromatic heterocycles. The van der Waals surface area contributed by atoms with Gasteiger partial charge in [-0.05, 0) is 37.4 Å². The van der Waals surface area contributed by atoms with Gasteiger partial charge in [-0.2, -0.15) is 0 Å². The predicted molar refractivity (Wildman–Crippen MR) is 135 cm³/mol. The average molecular weight is 469 g/mol. The van der Waals surface area contributed by atoms with Gasteiger partial charge in [-0.25, -0.2) is 9.38 Å². The standard InChI is InChI=1S/C26H24N6OS/c1-17-9-11-19(12-10-17)23-28-29-24-20-6-3-4-7-21(20)27-26(32(23)24)30-13-14-31(18(2)16-30)25(33)22-8-5-15-34-22/h3-12,15,18H,13-14,16H2,1-2H3. The minimum atomic E-state index is 0.0472. The lowest BCUT2D eigenvalue weighted by Gasteiger charge is -2.40. The Labute approximate surface area is 201 Å². The molecule has 7 nitrogen and oxygen atoms in total. The smallest absolute Gasteiger partial charge is 0.264 e. The number of aryl methyl sites for hydroxylation is 1. The maximum Gasteiger partial charge on any atom is 0.264 e. The Morgan fingerprint density at radius 2 is 1.82 bits per heavy atom. The summed E-state index contributed by atoms with van der Waals surface area (Å²) in [6, 6.07) is 20.2. The summed E-state index contributed by atoms with van der Waals surface area (Å²) in [6.07, 6.45) is 0. The second-order valence-corrected chi connectivity index (χ2v) is 9.70. The minimum absolute atomic E-state index is 0.0472. The average Bonchev–Trinajstić information content (AvgIpc) is 3.55. The lowest BCUT2D eigenvalue weighted by Crippen LogP contribution is -2.54. The lowest BCUT2D eigenvalue weighted by atomic mass is 10.1. The van der Waals surface area contributed by atoms with Crippen LogP contribution in [0.25, 0.3) is 27.9 Å². The van der Waals surface area contributed by atoms with Gasteiger partial charge in [-0.15, -0.1) is 21.5 Å². The lowest BCUT2D eigenvalue weighted by molar-refractivity contribution is 0.0678. The summed E-state index contributed by atoms with van der Waals surface area (Å²) in [7, 11) is 0. The first kappa shape index (κ1) is 20.8. The van der Waals surface area contributed by atoms with E-state index in [1.54, 1.807) is 0 Å². The summed E-state index contributed by atoms with van der Waals surface area (Å²) in [4.78, 5) is 23.1. The molecule has 0 bridgehead atoms. The molecule has 1 aliphatic heterocycles. The normalized spacial score (nSPS) is 16.5. The Balaban J connectivity index is 1.44. The van der Waals surface area contributed by atoms with Crippen molar-refractivity contribution in [2.24, 2.45) is 0 Å². The second kappa shape index (κ2) is 8.22. The van der Waals surface area contributed by atoms with Gasteiger partial charge in [0.1, 0.15) is 0 Å². The largest absolute Gasteiger partial charge is 0.338 e. The van der Waals surface area contributed by atoms with Crippen molar-refractivity contribution in [2.75, 3.05) is 24.5 Å². The maximum atomic E-state index is 13.0. The number of nitrogens with zero attached hydrogens (tertiary/aromatic N) is 6. The monoisotopic (exact) mass is 468 g/mol. The fourth-order valence-electron chi connectivity index (χ4n) is 4.65. The number of para-hydroxylation sites is 1. The van der Waals surface area contributed by atoms with Crippen LogP contribution in [0.5, 0.6) is 0 Å². The van der Waals surface area contributed by atoms with Crippen LogP contribution >= 0.6 is 11.3 Å². The van der Waals surface area contributed by atoms with Crippen molar-refractivity contribution in [1.29, 1.82) is 0 Å². The van der Waals surface area contributed by atoms with E-state index in [-0.39, 0.29) is 11.9 Å². The number of piperazine rings is 1. The first-order valence-corrected chi connectivity index (χ1v) is 12.3. The Kier molecular flexibility index (Phi) is 5.03. The number of aromatic nitrogens is 4. The molecule has 1 aliphatic rings. The zero-order chi connectivity index (χ0) is 23.2. The van der Waals surface area contributed by atoms with E-state index < -0.39 is 0 Å². The van der Waals surface area contributed by atoms with Gasteiger partial charge < -0.3 is 9.80 Å². The van der Waals surface area contributed by atoms with Crippen LogP contribution in [-0.4, -0.2) is 56.1 Å². The summed E-state index contributed by atoms with van der Waals surface area (Å²) in [6.45, 7) is 6.18. The molecule has 0 N–H and O–H groups in total. The van der Waals surface area contributed by atoms with E-state index in [1.807, 2.05) is 46.7 Å². The summed E-state index contributed by atoms with van der Waals surface area (Å²) >= 11 is 1.49. The highest BCUT2D eigenvalue weighted by atomic mass is 32.1. The molecule has 0 radical (unpaired) electrons. The van der Waals surface area contributed by atoms with Gasteiger partial charge in [0.2, 0.25) is 5.95 Å². The van der Waals surface area contributed by atoms with E-state index in [0.29, 0.717) is 19.6 Å². The van der Waals surface area contributed by atoms with Crippen LogP contribution in [0.15, 0.2) is 66.0 Å². The van der Waals surface area contributed by atoms with Crippen molar-refractivity contribution >= 4 is 39.7 Å². The molecular formula is C26H24N6OS. The Bertz CT molecular complexity index is 1490. The topological polar surface area (TPSA) is 66.6 Å². The molecule has 1 amide bonds. The highest BCUT2D eigenvalue weighted by Gasteiger charge is 2.31. The number of hydrogen-bond acceptors (Lipinski definition) is 6. The van der Waals surface area contributed by atoms with Crippen molar-refractivity contribution in [3.05, 3.63) is 76.5 Å². The van der Waals surface area contributed by atoms with Gasteiger partial charge in [0, 0.05) is 36.6 Å². The van der Waals surface area contributed by atoms with Crippen LogP contribution in [0.2, 0.25) is 0 Å². The molecule has 34 heavy (non-hydrogen) atoms. The molecular weight excluding hydrogens is 444 g/mol. The Morgan fingerprint density at radius 3 is 2.59 bits per heavy atom. The number of hydrogen-bond donors (Lipinski definition) is 0. The van der Waals surface area contributed by atoms with Gasteiger partial charge in [-0.1, -0.05) is 48.0 Å².